The van der Waals surface area contributed by atoms with Gasteiger partial charge in [-0.3, -0.25) is 14.7 Å². The molecule has 0 aliphatic carbocycles. The number of halogens is 1. The maximum atomic E-state index is 16.0. The number of nitrogens with zero attached hydrogens (tertiary/aromatic N) is 4. The van der Waals surface area contributed by atoms with Gasteiger partial charge in [-0.05, 0) is 52.7 Å². The number of hydrogen-bond acceptors (Lipinski definition) is 6. The molecule has 33 heavy (non-hydrogen) atoms. The Morgan fingerprint density at radius 3 is 2.42 bits per heavy atom. The van der Waals surface area contributed by atoms with Crippen LogP contribution < -0.4 is 9.64 Å². The third kappa shape index (κ3) is 3.78. The number of aromatic nitrogens is 2. The van der Waals surface area contributed by atoms with Gasteiger partial charge in [0.2, 0.25) is 15.9 Å². The molecule has 0 spiro atoms. The monoisotopic (exact) mass is 476 g/mol. The van der Waals surface area contributed by atoms with Gasteiger partial charge < -0.3 is 4.74 Å². The highest BCUT2D eigenvalue weighted by Crippen LogP contribution is 2.44. The van der Waals surface area contributed by atoms with E-state index in [1.807, 2.05) is 13.8 Å². The number of ether oxygens (including phenoxy) is 1. The molecule has 0 radical (unpaired) electrons. The van der Waals surface area contributed by atoms with Crippen molar-refractivity contribution < 1.29 is 22.3 Å². The van der Waals surface area contributed by atoms with Gasteiger partial charge in [-0.15, -0.1) is 0 Å². The minimum atomic E-state index is -3.43. The van der Waals surface area contributed by atoms with Crippen LogP contribution in [0.3, 0.4) is 0 Å². The number of alkyl halides is 1. The van der Waals surface area contributed by atoms with Crippen molar-refractivity contribution in [1.82, 2.24) is 14.3 Å². The molecule has 4 heterocycles. The normalized spacial score (nSPS) is 20.2. The summed E-state index contributed by atoms with van der Waals surface area (Å²) >= 11 is 0. The quantitative estimate of drug-likeness (QED) is 0.657. The molecule has 1 saturated heterocycles. The molecular weight excluding hydrogens is 447 g/mol. The number of amides is 1. The molecular formula is C23H29FN4O4S. The van der Waals surface area contributed by atoms with E-state index in [4.69, 9.17) is 4.74 Å². The van der Waals surface area contributed by atoms with Crippen LogP contribution in [0.4, 0.5) is 10.1 Å². The van der Waals surface area contributed by atoms with Crippen molar-refractivity contribution in [3.63, 3.8) is 0 Å². The van der Waals surface area contributed by atoms with E-state index in [1.165, 1.54) is 23.8 Å². The molecule has 1 amide bonds. The number of hydrogen-bond donors (Lipinski definition) is 0. The number of methoxy groups -OCH3 is 1. The molecule has 0 saturated carbocycles. The van der Waals surface area contributed by atoms with E-state index in [2.05, 4.69) is 9.97 Å². The summed E-state index contributed by atoms with van der Waals surface area (Å²) in [6.07, 6.45) is 3.05. The first-order chi connectivity index (χ1) is 15.4. The van der Waals surface area contributed by atoms with E-state index in [9.17, 15) is 13.2 Å². The maximum absolute atomic E-state index is 16.0. The van der Waals surface area contributed by atoms with Gasteiger partial charge in [-0.2, -0.15) is 0 Å². The molecule has 178 valence electrons. The second-order valence-electron chi connectivity index (χ2n) is 9.34. The largest absolute Gasteiger partial charge is 0.481 e. The molecule has 1 fully saturated rings. The lowest BCUT2D eigenvalue weighted by Gasteiger charge is -2.37. The number of piperidine rings is 1. The molecule has 0 N–H and O–H groups in total. The summed E-state index contributed by atoms with van der Waals surface area (Å²) in [5.74, 6) is 0.170. The topological polar surface area (TPSA) is 92.7 Å². The number of fused-ring (bicyclic) bond motifs is 1. The second-order valence-corrected chi connectivity index (χ2v) is 11.8. The zero-order valence-electron chi connectivity index (χ0n) is 19.5. The van der Waals surface area contributed by atoms with Gasteiger partial charge in [-0.25, -0.2) is 22.1 Å². The Morgan fingerprint density at radius 2 is 1.82 bits per heavy atom. The van der Waals surface area contributed by atoms with Crippen LogP contribution in [-0.4, -0.2) is 54.0 Å². The fourth-order valence-electron chi connectivity index (χ4n) is 4.59. The molecule has 0 atom stereocenters. The van der Waals surface area contributed by atoms with E-state index < -0.39 is 26.5 Å². The summed E-state index contributed by atoms with van der Waals surface area (Å²) < 4.78 is 47.5. The summed E-state index contributed by atoms with van der Waals surface area (Å²) in [5.41, 5.74) is -0.666. The van der Waals surface area contributed by atoms with Crippen molar-refractivity contribution in [2.45, 2.75) is 57.0 Å². The molecule has 0 unspecified atom stereocenters. The SMILES string of the molecule is COc1ccc2c(n1)C(C)(C)N(c1cncc(C3(F)CCN(S(=O)(=O)C(C)C)CC3)c1)C2=O. The van der Waals surface area contributed by atoms with Gasteiger partial charge in [0.05, 0.1) is 41.0 Å². The predicted octanol–water partition coefficient (Wildman–Crippen LogP) is 3.38. The lowest BCUT2D eigenvalue weighted by Crippen LogP contribution is -2.45. The van der Waals surface area contributed by atoms with Crippen LogP contribution in [-0.2, 0) is 21.2 Å². The van der Waals surface area contributed by atoms with E-state index in [0.717, 1.165) is 0 Å². The first-order valence-electron chi connectivity index (χ1n) is 11.0. The summed E-state index contributed by atoms with van der Waals surface area (Å²) in [7, 11) is -1.92. The molecule has 2 aromatic heterocycles. The van der Waals surface area contributed by atoms with Gasteiger partial charge in [-0.1, -0.05) is 0 Å². The molecule has 8 nitrogen and oxygen atoms in total. The Hall–Kier alpha value is -2.59. The number of carbonyl (C=O) groups is 1. The van der Waals surface area contributed by atoms with Crippen molar-refractivity contribution in [1.29, 1.82) is 0 Å². The van der Waals surface area contributed by atoms with Crippen molar-refractivity contribution in [3.05, 3.63) is 47.4 Å². The number of anilines is 1. The van der Waals surface area contributed by atoms with E-state index in [1.54, 1.807) is 36.9 Å². The van der Waals surface area contributed by atoms with Crippen LogP contribution >= 0.6 is 0 Å². The van der Waals surface area contributed by atoms with E-state index >= 15 is 4.39 Å². The average Bonchev–Trinajstić information content (AvgIpc) is 2.98. The Bertz CT molecular complexity index is 1190. The second kappa shape index (κ2) is 8.02. The molecule has 2 aliphatic rings. The Morgan fingerprint density at radius 1 is 1.15 bits per heavy atom. The predicted molar refractivity (Wildman–Crippen MR) is 123 cm³/mol. The highest BCUT2D eigenvalue weighted by atomic mass is 32.2. The van der Waals surface area contributed by atoms with E-state index in [-0.39, 0.29) is 31.8 Å². The van der Waals surface area contributed by atoms with Crippen LogP contribution in [0.1, 0.15) is 62.2 Å². The highest BCUT2D eigenvalue weighted by molar-refractivity contribution is 7.89. The number of sulfonamides is 1. The Labute approximate surface area is 193 Å². The van der Waals surface area contributed by atoms with Gasteiger partial charge in [0.25, 0.3) is 5.91 Å². The Balaban J connectivity index is 1.63. The molecule has 0 aromatic carbocycles. The van der Waals surface area contributed by atoms with Crippen LogP contribution in [0.25, 0.3) is 0 Å². The number of rotatable bonds is 5. The van der Waals surface area contributed by atoms with Crippen LogP contribution in [0.15, 0.2) is 30.6 Å². The number of pyridine rings is 2. The van der Waals surface area contributed by atoms with Gasteiger partial charge in [0.15, 0.2) is 0 Å². The van der Waals surface area contributed by atoms with Gasteiger partial charge >= 0.3 is 0 Å². The fourth-order valence-corrected chi connectivity index (χ4v) is 5.88. The molecule has 2 aromatic rings. The van der Waals surface area contributed by atoms with Crippen LogP contribution in [0.5, 0.6) is 5.88 Å². The number of carbonyl (C=O) groups excluding carboxylic acids is 1. The van der Waals surface area contributed by atoms with Crippen molar-refractivity contribution in [3.8, 4) is 5.88 Å². The fraction of sp³-hybridized carbons (Fsp3) is 0.522. The van der Waals surface area contributed by atoms with Crippen molar-refractivity contribution >= 4 is 21.6 Å². The van der Waals surface area contributed by atoms with Crippen molar-refractivity contribution in [2.75, 3.05) is 25.1 Å². The summed E-state index contributed by atoms with van der Waals surface area (Å²) in [4.78, 5) is 23.5. The third-order valence-electron chi connectivity index (χ3n) is 6.62. The summed E-state index contributed by atoms with van der Waals surface area (Å²) in [6.45, 7) is 7.19. The van der Waals surface area contributed by atoms with E-state index in [0.29, 0.717) is 28.4 Å². The lowest BCUT2D eigenvalue weighted by atomic mass is 9.87. The van der Waals surface area contributed by atoms with Crippen molar-refractivity contribution in [2.24, 2.45) is 0 Å². The maximum Gasteiger partial charge on any atom is 0.261 e. The average molecular weight is 477 g/mol. The third-order valence-corrected chi connectivity index (χ3v) is 8.90. The summed E-state index contributed by atoms with van der Waals surface area (Å²) in [5, 5.41) is -0.549. The van der Waals surface area contributed by atoms with Crippen LogP contribution in [0, 0.1) is 0 Å². The minimum Gasteiger partial charge on any atom is -0.481 e. The highest BCUT2D eigenvalue weighted by Gasteiger charge is 2.47. The molecule has 4 rings (SSSR count). The first-order valence-corrected chi connectivity index (χ1v) is 12.5. The zero-order valence-corrected chi connectivity index (χ0v) is 20.3. The van der Waals surface area contributed by atoms with Crippen LogP contribution in [0.2, 0.25) is 0 Å². The smallest absolute Gasteiger partial charge is 0.261 e. The lowest BCUT2D eigenvalue weighted by molar-refractivity contribution is 0.0862. The zero-order chi connectivity index (χ0) is 24.2. The standard InChI is InChI=1S/C23H29FN4O4S/c1-15(2)33(30,31)27-10-8-23(24,9-11-27)16-12-17(14-25-13-16)28-21(29)18-6-7-19(32-5)26-20(18)22(28,3)4/h6-7,12-15H,8-11H2,1-5H3. The molecule has 10 heteroatoms. The van der Waals surface area contributed by atoms with Gasteiger partial charge in [0.1, 0.15) is 5.67 Å². The summed E-state index contributed by atoms with van der Waals surface area (Å²) in [6, 6.07) is 4.97. The molecule has 0 bridgehead atoms. The minimum absolute atomic E-state index is 0.0282. The first kappa shape index (κ1) is 23.6. The molecule has 2 aliphatic heterocycles. The Kier molecular flexibility index (Phi) is 5.73. The van der Waals surface area contributed by atoms with Gasteiger partial charge in [0, 0.05) is 30.9 Å².